The number of para-hydroxylation sites is 1. The molecule has 3 amide bonds. The zero-order chi connectivity index (χ0) is 35.2. The number of benzene rings is 4. The number of ether oxygens (including phenoxy) is 5. The SMILES string of the molecule is COc1ccc(NC(=O)C(c2cc(OC)c(OC)c(OC)c2)N(Cc2ccccc2C)C(=O)CN2C(=O)C(=O)c3ccccc32)c(OC)c1. The number of nitrogens with one attached hydrogen (secondary N) is 1. The highest BCUT2D eigenvalue weighted by Crippen LogP contribution is 2.42. The fourth-order valence-electron chi connectivity index (χ4n) is 5.76. The van der Waals surface area contributed by atoms with E-state index in [1.165, 1.54) is 40.4 Å². The molecule has 1 aliphatic rings. The van der Waals surface area contributed by atoms with Crippen LogP contribution in [0.4, 0.5) is 11.4 Å². The number of carbonyl (C=O) groups excluding carboxylic acids is 4. The maximum absolute atomic E-state index is 14.6. The number of amides is 3. The van der Waals surface area contributed by atoms with Crippen LogP contribution in [0.3, 0.4) is 0 Å². The van der Waals surface area contributed by atoms with E-state index in [0.717, 1.165) is 16.0 Å². The maximum Gasteiger partial charge on any atom is 0.299 e. The van der Waals surface area contributed by atoms with Crippen molar-refractivity contribution in [3.05, 3.63) is 101 Å². The molecule has 1 heterocycles. The molecule has 0 radical (unpaired) electrons. The molecule has 12 nitrogen and oxygen atoms in total. The van der Waals surface area contributed by atoms with Crippen molar-refractivity contribution in [1.29, 1.82) is 0 Å². The van der Waals surface area contributed by atoms with Crippen LogP contribution in [0, 0.1) is 6.92 Å². The third-order valence-electron chi connectivity index (χ3n) is 8.32. The van der Waals surface area contributed by atoms with E-state index in [2.05, 4.69) is 5.32 Å². The second kappa shape index (κ2) is 14.8. The Morgan fingerprint density at radius 1 is 0.776 bits per heavy atom. The van der Waals surface area contributed by atoms with E-state index in [1.54, 1.807) is 54.6 Å². The molecule has 1 atom stereocenters. The number of carbonyl (C=O) groups is 4. The zero-order valence-electron chi connectivity index (χ0n) is 28.1. The number of methoxy groups -OCH3 is 5. The van der Waals surface area contributed by atoms with Gasteiger partial charge in [-0.2, -0.15) is 0 Å². The Morgan fingerprint density at radius 3 is 2.06 bits per heavy atom. The molecular formula is C37H37N3O9. The van der Waals surface area contributed by atoms with Crippen LogP contribution in [0.15, 0.2) is 78.9 Å². The molecule has 1 N–H and O–H groups in total. The minimum atomic E-state index is -1.32. The van der Waals surface area contributed by atoms with Crippen LogP contribution in [-0.2, 0) is 20.9 Å². The molecule has 5 rings (SSSR count). The molecule has 0 spiro atoms. The largest absolute Gasteiger partial charge is 0.497 e. The fourth-order valence-corrected chi connectivity index (χ4v) is 5.76. The molecule has 1 aliphatic heterocycles. The van der Waals surface area contributed by atoms with E-state index in [0.29, 0.717) is 34.2 Å². The van der Waals surface area contributed by atoms with Gasteiger partial charge in [-0.15, -0.1) is 0 Å². The monoisotopic (exact) mass is 667 g/mol. The van der Waals surface area contributed by atoms with Gasteiger partial charge in [0.25, 0.3) is 17.6 Å². The zero-order valence-corrected chi connectivity index (χ0v) is 28.1. The second-order valence-electron chi connectivity index (χ2n) is 11.1. The lowest BCUT2D eigenvalue weighted by molar-refractivity contribution is -0.139. The summed E-state index contributed by atoms with van der Waals surface area (Å²) in [6.45, 7) is 1.36. The molecule has 0 aliphatic carbocycles. The number of anilines is 2. The summed E-state index contributed by atoms with van der Waals surface area (Å²) in [7, 11) is 7.32. The van der Waals surface area contributed by atoms with Gasteiger partial charge < -0.3 is 33.9 Å². The van der Waals surface area contributed by atoms with Crippen LogP contribution in [0.25, 0.3) is 0 Å². The van der Waals surface area contributed by atoms with Crippen molar-refractivity contribution in [2.24, 2.45) is 0 Å². The number of hydrogen-bond acceptors (Lipinski definition) is 9. The number of hydrogen-bond donors (Lipinski definition) is 1. The molecule has 12 heteroatoms. The van der Waals surface area contributed by atoms with E-state index in [4.69, 9.17) is 23.7 Å². The number of fused-ring (bicyclic) bond motifs is 1. The van der Waals surface area contributed by atoms with Crippen molar-refractivity contribution in [2.75, 3.05) is 52.3 Å². The molecule has 0 aromatic heterocycles. The summed E-state index contributed by atoms with van der Waals surface area (Å²) in [5, 5.41) is 2.91. The quantitative estimate of drug-likeness (QED) is 0.196. The van der Waals surface area contributed by atoms with E-state index >= 15 is 0 Å². The molecule has 0 saturated carbocycles. The van der Waals surface area contributed by atoms with Crippen molar-refractivity contribution in [1.82, 2.24) is 4.90 Å². The Bertz CT molecular complexity index is 1880. The van der Waals surface area contributed by atoms with Crippen LogP contribution < -0.4 is 33.9 Å². The highest BCUT2D eigenvalue weighted by Gasteiger charge is 2.40. The Balaban J connectivity index is 1.67. The van der Waals surface area contributed by atoms with Gasteiger partial charge in [-0.25, -0.2) is 0 Å². The van der Waals surface area contributed by atoms with Crippen LogP contribution >= 0.6 is 0 Å². The Morgan fingerprint density at radius 2 is 1.43 bits per heavy atom. The first kappa shape index (κ1) is 34.3. The summed E-state index contributed by atoms with van der Waals surface area (Å²) in [6, 6.07) is 20.7. The summed E-state index contributed by atoms with van der Waals surface area (Å²) in [5.41, 5.74) is 2.80. The lowest BCUT2D eigenvalue weighted by Gasteiger charge is -2.33. The maximum atomic E-state index is 14.6. The number of ketones is 1. The number of aryl methyl sites for hydroxylation is 1. The third-order valence-corrected chi connectivity index (χ3v) is 8.32. The normalized spacial score (nSPS) is 12.6. The summed E-state index contributed by atoms with van der Waals surface area (Å²) >= 11 is 0. The smallest absolute Gasteiger partial charge is 0.299 e. The Kier molecular flexibility index (Phi) is 10.4. The summed E-state index contributed by atoms with van der Waals surface area (Å²) in [6.07, 6.45) is 0. The highest BCUT2D eigenvalue weighted by molar-refractivity contribution is 6.52. The minimum absolute atomic E-state index is 0.0301. The average Bonchev–Trinajstić information content (AvgIpc) is 3.36. The highest BCUT2D eigenvalue weighted by atomic mass is 16.5. The fraction of sp³-hybridized carbons (Fsp3) is 0.243. The predicted molar refractivity (Wildman–Crippen MR) is 182 cm³/mol. The lowest BCUT2D eigenvalue weighted by atomic mass is 10.00. The molecule has 4 aromatic rings. The number of Topliss-reactive ketones (excluding diaryl/α,β-unsaturated/α-hetero) is 1. The van der Waals surface area contributed by atoms with Crippen molar-refractivity contribution in [3.63, 3.8) is 0 Å². The van der Waals surface area contributed by atoms with Crippen LogP contribution in [-0.4, -0.2) is 70.5 Å². The van der Waals surface area contributed by atoms with Gasteiger partial charge in [0.2, 0.25) is 11.7 Å². The summed E-state index contributed by atoms with van der Waals surface area (Å²) < 4.78 is 27.6. The van der Waals surface area contributed by atoms with Crippen LogP contribution in [0.5, 0.6) is 28.7 Å². The van der Waals surface area contributed by atoms with Crippen molar-refractivity contribution < 1.29 is 42.9 Å². The second-order valence-corrected chi connectivity index (χ2v) is 11.1. The molecule has 49 heavy (non-hydrogen) atoms. The van der Waals surface area contributed by atoms with Gasteiger partial charge in [0.05, 0.1) is 52.5 Å². The van der Waals surface area contributed by atoms with Gasteiger partial charge in [-0.05, 0) is 60.0 Å². The van der Waals surface area contributed by atoms with Gasteiger partial charge in [0, 0.05) is 12.6 Å². The Labute approximate surface area is 284 Å². The van der Waals surface area contributed by atoms with Crippen molar-refractivity contribution in [3.8, 4) is 28.7 Å². The van der Waals surface area contributed by atoms with Gasteiger partial charge in [0.1, 0.15) is 24.1 Å². The van der Waals surface area contributed by atoms with Gasteiger partial charge in [0.15, 0.2) is 11.5 Å². The Hall–Kier alpha value is -6.04. The number of nitrogens with zero attached hydrogens (tertiary/aromatic N) is 2. The first-order valence-electron chi connectivity index (χ1n) is 15.3. The topological polar surface area (TPSA) is 133 Å². The van der Waals surface area contributed by atoms with Gasteiger partial charge in [-0.3, -0.25) is 24.1 Å². The van der Waals surface area contributed by atoms with Gasteiger partial charge >= 0.3 is 0 Å². The molecule has 1 unspecified atom stereocenters. The average molecular weight is 668 g/mol. The van der Waals surface area contributed by atoms with Crippen LogP contribution in [0.2, 0.25) is 0 Å². The molecule has 254 valence electrons. The minimum Gasteiger partial charge on any atom is -0.497 e. The van der Waals surface area contributed by atoms with Gasteiger partial charge in [-0.1, -0.05) is 36.4 Å². The molecule has 4 aromatic carbocycles. The van der Waals surface area contributed by atoms with Crippen LogP contribution in [0.1, 0.15) is 33.1 Å². The molecule has 0 fully saturated rings. The first-order valence-corrected chi connectivity index (χ1v) is 15.3. The predicted octanol–water partition coefficient (Wildman–Crippen LogP) is 4.98. The van der Waals surface area contributed by atoms with Crippen molar-refractivity contribution in [2.45, 2.75) is 19.5 Å². The third kappa shape index (κ3) is 6.84. The van der Waals surface area contributed by atoms with E-state index in [-0.39, 0.29) is 23.6 Å². The van der Waals surface area contributed by atoms with E-state index < -0.39 is 36.1 Å². The number of rotatable bonds is 13. The first-order chi connectivity index (χ1) is 23.6. The lowest BCUT2D eigenvalue weighted by Crippen LogP contribution is -2.46. The molecule has 0 saturated heterocycles. The van der Waals surface area contributed by atoms with E-state index in [1.807, 2.05) is 31.2 Å². The van der Waals surface area contributed by atoms with E-state index in [9.17, 15) is 19.2 Å². The summed E-state index contributed by atoms with van der Waals surface area (Å²) in [5.74, 6) is -1.10. The molecule has 0 bridgehead atoms. The standard InChI is InChI=1S/C37H37N3O9/c1-22-11-7-8-12-23(22)20-40(32(41)21-39-28-14-10-9-13-26(28)34(42)37(39)44)33(24-17-30(47-4)35(49-6)31(18-24)48-5)36(43)38-27-16-15-25(45-2)19-29(27)46-3/h7-19,33H,20-21H2,1-6H3,(H,38,43). The van der Waals surface area contributed by atoms with Crippen molar-refractivity contribution >= 4 is 34.9 Å². The summed E-state index contributed by atoms with van der Waals surface area (Å²) in [4.78, 5) is 57.7. The molecular weight excluding hydrogens is 630 g/mol.